The number of rotatable bonds is 0. The molecule has 0 radical (unpaired) electrons. The van der Waals surface area contributed by atoms with Crippen molar-refractivity contribution in [2.75, 3.05) is 6.54 Å². The SMILES string of the molecule is O=C1CCCCN1Cl. The van der Waals surface area contributed by atoms with Gasteiger partial charge in [-0.3, -0.25) is 9.21 Å². The Hall–Kier alpha value is -0.240. The Morgan fingerprint density at radius 2 is 2.25 bits per heavy atom. The van der Waals surface area contributed by atoms with Crippen molar-refractivity contribution in [2.45, 2.75) is 19.3 Å². The van der Waals surface area contributed by atoms with E-state index < -0.39 is 0 Å². The van der Waals surface area contributed by atoms with Gasteiger partial charge in [-0.1, -0.05) is 0 Å². The first-order chi connectivity index (χ1) is 3.80. The minimum atomic E-state index is 0.0675. The van der Waals surface area contributed by atoms with Gasteiger partial charge in [-0.05, 0) is 12.8 Å². The van der Waals surface area contributed by atoms with Crippen molar-refractivity contribution in [1.29, 1.82) is 0 Å². The summed E-state index contributed by atoms with van der Waals surface area (Å²) in [4.78, 5) is 10.6. The zero-order valence-corrected chi connectivity index (χ0v) is 5.32. The van der Waals surface area contributed by atoms with Gasteiger partial charge < -0.3 is 0 Å². The number of halogens is 1. The molecular formula is C5H8ClNO. The zero-order valence-electron chi connectivity index (χ0n) is 4.56. The second kappa shape index (κ2) is 2.35. The maximum atomic E-state index is 10.6. The van der Waals surface area contributed by atoms with Crippen LogP contribution in [0.25, 0.3) is 0 Å². The van der Waals surface area contributed by atoms with Gasteiger partial charge in [0.1, 0.15) is 0 Å². The first-order valence-electron chi connectivity index (χ1n) is 2.77. The normalized spacial score (nSPS) is 21.6. The summed E-state index contributed by atoms with van der Waals surface area (Å²) in [5.41, 5.74) is 0. The second-order valence-corrected chi connectivity index (χ2v) is 2.34. The molecule has 0 aromatic rings. The van der Waals surface area contributed by atoms with Crippen LogP contribution >= 0.6 is 11.8 Å². The van der Waals surface area contributed by atoms with Crippen molar-refractivity contribution in [3.63, 3.8) is 0 Å². The molecular weight excluding hydrogens is 126 g/mol. The fourth-order valence-corrected chi connectivity index (χ4v) is 0.977. The van der Waals surface area contributed by atoms with Gasteiger partial charge in [-0.25, -0.2) is 0 Å². The van der Waals surface area contributed by atoms with E-state index >= 15 is 0 Å². The molecule has 1 saturated heterocycles. The standard InChI is InChI=1S/C5H8ClNO/c6-7-4-2-1-3-5(7)8/h1-4H2. The van der Waals surface area contributed by atoms with Gasteiger partial charge in [-0.15, -0.1) is 0 Å². The Morgan fingerprint density at radius 3 is 2.62 bits per heavy atom. The lowest BCUT2D eigenvalue weighted by Crippen LogP contribution is -2.26. The Morgan fingerprint density at radius 1 is 1.50 bits per heavy atom. The average molecular weight is 134 g/mol. The molecule has 46 valence electrons. The van der Waals surface area contributed by atoms with Gasteiger partial charge in [0.25, 0.3) is 0 Å². The lowest BCUT2D eigenvalue weighted by Gasteiger charge is -2.17. The zero-order chi connectivity index (χ0) is 5.98. The number of nitrogens with zero attached hydrogens (tertiary/aromatic N) is 1. The van der Waals surface area contributed by atoms with Crippen LogP contribution in [0.3, 0.4) is 0 Å². The predicted molar refractivity (Wildman–Crippen MR) is 31.4 cm³/mol. The summed E-state index contributed by atoms with van der Waals surface area (Å²) in [6.07, 6.45) is 2.68. The van der Waals surface area contributed by atoms with E-state index in [2.05, 4.69) is 0 Å². The largest absolute Gasteiger partial charge is 0.274 e. The first kappa shape index (κ1) is 5.89. The fraction of sp³-hybridized carbons (Fsp3) is 0.800. The summed E-state index contributed by atoms with van der Waals surface area (Å²) in [5.74, 6) is 0.0675. The second-order valence-electron chi connectivity index (χ2n) is 1.94. The summed E-state index contributed by atoms with van der Waals surface area (Å²) in [6.45, 7) is 0.723. The number of amides is 1. The number of carbonyl (C=O) groups is 1. The van der Waals surface area contributed by atoms with E-state index in [1.165, 1.54) is 4.42 Å². The third kappa shape index (κ3) is 1.13. The molecule has 1 heterocycles. The molecule has 0 spiro atoms. The molecule has 1 aliphatic rings. The van der Waals surface area contributed by atoms with Crippen LogP contribution in [0.15, 0.2) is 0 Å². The number of hydrogen-bond acceptors (Lipinski definition) is 1. The average Bonchev–Trinajstić information content (AvgIpc) is 1.77. The lowest BCUT2D eigenvalue weighted by atomic mass is 10.2. The van der Waals surface area contributed by atoms with Gasteiger partial charge in [-0.2, -0.15) is 0 Å². The fourth-order valence-electron chi connectivity index (χ4n) is 0.773. The van der Waals surface area contributed by atoms with Crippen molar-refractivity contribution < 1.29 is 4.79 Å². The highest BCUT2D eigenvalue weighted by Gasteiger charge is 2.14. The van der Waals surface area contributed by atoms with Gasteiger partial charge in [0.2, 0.25) is 5.91 Å². The van der Waals surface area contributed by atoms with Crippen molar-refractivity contribution >= 4 is 17.7 Å². The van der Waals surface area contributed by atoms with Crippen LogP contribution in [0, 0.1) is 0 Å². The summed E-state index contributed by atoms with van der Waals surface area (Å²) >= 11 is 5.45. The minimum Gasteiger partial charge on any atom is -0.274 e. The number of carbonyl (C=O) groups excluding carboxylic acids is 1. The Bertz CT molecular complexity index is 105. The number of hydrogen-bond donors (Lipinski definition) is 0. The third-order valence-corrected chi connectivity index (χ3v) is 1.62. The highest BCUT2D eigenvalue weighted by Crippen LogP contribution is 2.11. The van der Waals surface area contributed by atoms with E-state index in [1.807, 2.05) is 0 Å². The summed E-state index contributed by atoms with van der Waals surface area (Å²) in [7, 11) is 0. The molecule has 1 amide bonds. The van der Waals surface area contributed by atoms with Gasteiger partial charge in [0.15, 0.2) is 0 Å². The van der Waals surface area contributed by atoms with Gasteiger partial charge >= 0.3 is 0 Å². The molecule has 8 heavy (non-hydrogen) atoms. The minimum absolute atomic E-state index is 0.0675. The van der Waals surface area contributed by atoms with Gasteiger partial charge in [0, 0.05) is 24.7 Å². The molecule has 3 heteroatoms. The molecule has 1 rings (SSSR count). The molecule has 0 atom stereocenters. The topological polar surface area (TPSA) is 20.3 Å². The van der Waals surface area contributed by atoms with Crippen molar-refractivity contribution in [3.05, 3.63) is 0 Å². The highest BCUT2D eigenvalue weighted by molar-refractivity contribution is 6.21. The van der Waals surface area contributed by atoms with Crippen molar-refractivity contribution in [2.24, 2.45) is 0 Å². The molecule has 1 fully saturated rings. The molecule has 0 N–H and O–H groups in total. The van der Waals surface area contributed by atoms with E-state index in [0.29, 0.717) is 6.42 Å². The third-order valence-electron chi connectivity index (χ3n) is 1.27. The van der Waals surface area contributed by atoms with E-state index in [-0.39, 0.29) is 5.91 Å². The summed E-state index contributed by atoms with van der Waals surface area (Å²) < 4.78 is 1.27. The Kier molecular flexibility index (Phi) is 1.73. The van der Waals surface area contributed by atoms with Gasteiger partial charge in [0.05, 0.1) is 0 Å². The smallest absolute Gasteiger partial charge is 0.236 e. The van der Waals surface area contributed by atoms with E-state index in [9.17, 15) is 4.79 Å². The monoisotopic (exact) mass is 133 g/mol. The van der Waals surface area contributed by atoms with E-state index in [4.69, 9.17) is 11.8 Å². The molecule has 0 unspecified atom stereocenters. The predicted octanol–water partition coefficient (Wildman–Crippen LogP) is 1.15. The quantitative estimate of drug-likeness (QED) is 0.454. The maximum Gasteiger partial charge on any atom is 0.236 e. The van der Waals surface area contributed by atoms with Crippen molar-refractivity contribution in [1.82, 2.24) is 4.42 Å². The Balaban J connectivity index is 2.39. The van der Waals surface area contributed by atoms with Crippen LogP contribution in [0.2, 0.25) is 0 Å². The molecule has 2 nitrogen and oxygen atoms in total. The van der Waals surface area contributed by atoms with Crippen molar-refractivity contribution in [3.8, 4) is 0 Å². The molecule has 0 bridgehead atoms. The van der Waals surface area contributed by atoms with Crippen LogP contribution in [0.5, 0.6) is 0 Å². The first-order valence-corrected chi connectivity index (χ1v) is 3.10. The molecule has 0 aliphatic carbocycles. The van der Waals surface area contributed by atoms with Crippen LogP contribution in [0.4, 0.5) is 0 Å². The van der Waals surface area contributed by atoms with Crippen LogP contribution in [-0.4, -0.2) is 16.9 Å². The Labute approximate surface area is 53.5 Å². The summed E-state index contributed by atoms with van der Waals surface area (Å²) in [6, 6.07) is 0. The maximum absolute atomic E-state index is 10.6. The molecule has 0 aromatic carbocycles. The van der Waals surface area contributed by atoms with E-state index in [1.54, 1.807) is 0 Å². The van der Waals surface area contributed by atoms with Crippen LogP contribution in [-0.2, 0) is 4.79 Å². The highest BCUT2D eigenvalue weighted by atomic mass is 35.5. The van der Waals surface area contributed by atoms with E-state index in [0.717, 1.165) is 19.4 Å². The lowest BCUT2D eigenvalue weighted by molar-refractivity contribution is -0.128. The summed E-state index contributed by atoms with van der Waals surface area (Å²) in [5, 5.41) is 0. The van der Waals surface area contributed by atoms with Crippen LogP contribution < -0.4 is 0 Å². The molecule has 0 aromatic heterocycles. The number of piperidine rings is 1. The molecule has 0 saturated carbocycles. The molecule has 1 aliphatic heterocycles. The van der Waals surface area contributed by atoms with Crippen LogP contribution in [0.1, 0.15) is 19.3 Å².